The van der Waals surface area contributed by atoms with Crippen LogP contribution < -0.4 is 15.4 Å². The summed E-state index contributed by atoms with van der Waals surface area (Å²) >= 11 is 0. The van der Waals surface area contributed by atoms with E-state index in [-0.39, 0.29) is 6.04 Å². The fourth-order valence-electron chi connectivity index (χ4n) is 3.56. The summed E-state index contributed by atoms with van der Waals surface area (Å²) < 4.78 is 11.3. The molecule has 0 aliphatic carbocycles. The van der Waals surface area contributed by atoms with Crippen molar-refractivity contribution in [2.45, 2.75) is 19.5 Å². The van der Waals surface area contributed by atoms with E-state index in [4.69, 9.17) is 9.47 Å². The Kier molecular flexibility index (Phi) is 8.34. The number of aliphatic imine (C=N–C) groups is 1. The minimum atomic E-state index is 0.273. The van der Waals surface area contributed by atoms with Gasteiger partial charge in [-0.15, -0.1) is 0 Å². The number of hydrogen-bond donors (Lipinski definition) is 2. The molecule has 1 fully saturated rings. The zero-order valence-corrected chi connectivity index (χ0v) is 17.4. The zero-order valence-electron chi connectivity index (χ0n) is 17.4. The number of nitrogens with zero attached hydrogens (tertiary/aromatic N) is 2. The van der Waals surface area contributed by atoms with Crippen molar-refractivity contribution in [2.24, 2.45) is 4.99 Å². The molecule has 2 aromatic carbocycles. The monoisotopic (exact) mass is 396 g/mol. The fourth-order valence-corrected chi connectivity index (χ4v) is 3.56. The van der Waals surface area contributed by atoms with Crippen LogP contribution in [0, 0.1) is 0 Å². The van der Waals surface area contributed by atoms with E-state index < -0.39 is 0 Å². The van der Waals surface area contributed by atoms with Gasteiger partial charge < -0.3 is 20.1 Å². The van der Waals surface area contributed by atoms with E-state index in [0.717, 1.165) is 50.1 Å². The second-order valence-corrected chi connectivity index (χ2v) is 6.92. The molecule has 0 saturated carbocycles. The topological polar surface area (TPSA) is 58.1 Å². The summed E-state index contributed by atoms with van der Waals surface area (Å²) in [5.41, 5.74) is 2.42. The van der Waals surface area contributed by atoms with E-state index in [9.17, 15) is 0 Å². The number of para-hydroxylation sites is 1. The van der Waals surface area contributed by atoms with Gasteiger partial charge in [0.15, 0.2) is 5.96 Å². The largest absolute Gasteiger partial charge is 0.494 e. The van der Waals surface area contributed by atoms with E-state index in [0.29, 0.717) is 13.2 Å². The van der Waals surface area contributed by atoms with Crippen LogP contribution in [0.2, 0.25) is 0 Å². The minimum absolute atomic E-state index is 0.273. The van der Waals surface area contributed by atoms with E-state index in [1.54, 1.807) is 7.05 Å². The molecule has 29 heavy (non-hydrogen) atoms. The first-order valence-corrected chi connectivity index (χ1v) is 10.3. The Morgan fingerprint density at radius 2 is 1.79 bits per heavy atom. The number of nitrogens with one attached hydrogen (secondary N) is 2. The predicted octanol–water partition coefficient (Wildman–Crippen LogP) is 2.82. The highest BCUT2D eigenvalue weighted by Crippen LogP contribution is 2.21. The van der Waals surface area contributed by atoms with Crippen molar-refractivity contribution in [3.05, 3.63) is 65.7 Å². The third-order valence-electron chi connectivity index (χ3n) is 5.08. The van der Waals surface area contributed by atoms with Crippen molar-refractivity contribution >= 4 is 5.96 Å². The van der Waals surface area contributed by atoms with E-state index in [1.165, 1.54) is 5.56 Å². The average Bonchev–Trinajstić information content (AvgIpc) is 2.78. The van der Waals surface area contributed by atoms with Gasteiger partial charge in [0.2, 0.25) is 0 Å². The van der Waals surface area contributed by atoms with Crippen LogP contribution in [-0.2, 0) is 11.3 Å². The van der Waals surface area contributed by atoms with E-state index >= 15 is 0 Å². The highest BCUT2D eigenvalue weighted by molar-refractivity contribution is 5.79. The Hall–Kier alpha value is -2.57. The molecule has 1 saturated heterocycles. The lowest BCUT2D eigenvalue weighted by Crippen LogP contribution is -2.46. The molecular formula is C23H32N4O2. The maximum atomic E-state index is 5.72. The summed E-state index contributed by atoms with van der Waals surface area (Å²) in [6.07, 6.45) is 0. The number of hydrogen-bond acceptors (Lipinski definition) is 4. The van der Waals surface area contributed by atoms with Gasteiger partial charge >= 0.3 is 0 Å². The standard InChI is InChI=1S/C23H32N4O2/c1-3-29-22-12-8-7-11-20(22)17-25-23(24-2)26-18-21(19-9-5-4-6-10-19)27-13-15-28-16-14-27/h4-12,21H,3,13-18H2,1-2H3,(H2,24,25,26). The molecule has 156 valence electrons. The van der Waals surface area contributed by atoms with Gasteiger partial charge in [0.25, 0.3) is 0 Å². The summed E-state index contributed by atoms with van der Waals surface area (Å²) in [6.45, 7) is 7.53. The maximum Gasteiger partial charge on any atom is 0.191 e. The van der Waals surface area contributed by atoms with Crippen LogP contribution in [0.5, 0.6) is 5.75 Å². The first-order valence-electron chi connectivity index (χ1n) is 10.3. The van der Waals surface area contributed by atoms with Crippen LogP contribution in [-0.4, -0.2) is 57.4 Å². The third kappa shape index (κ3) is 6.21. The van der Waals surface area contributed by atoms with Crippen molar-refractivity contribution in [2.75, 3.05) is 46.5 Å². The molecule has 0 radical (unpaired) electrons. The normalized spacial score (nSPS) is 16.3. The molecule has 1 aliphatic rings. The van der Waals surface area contributed by atoms with E-state index in [2.05, 4.69) is 56.9 Å². The summed E-state index contributed by atoms with van der Waals surface area (Å²) in [4.78, 5) is 6.88. The first kappa shape index (κ1) is 21.1. The molecule has 0 spiro atoms. The minimum Gasteiger partial charge on any atom is -0.494 e. The lowest BCUT2D eigenvalue weighted by molar-refractivity contribution is 0.0170. The van der Waals surface area contributed by atoms with Crippen molar-refractivity contribution < 1.29 is 9.47 Å². The van der Waals surface area contributed by atoms with Crippen LogP contribution >= 0.6 is 0 Å². The van der Waals surface area contributed by atoms with Crippen molar-refractivity contribution in [3.63, 3.8) is 0 Å². The Morgan fingerprint density at radius 3 is 2.52 bits per heavy atom. The lowest BCUT2D eigenvalue weighted by Gasteiger charge is -2.35. The quantitative estimate of drug-likeness (QED) is 0.531. The molecule has 1 heterocycles. The second-order valence-electron chi connectivity index (χ2n) is 6.92. The summed E-state index contributed by atoms with van der Waals surface area (Å²) in [6, 6.07) is 19.0. The average molecular weight is 397 g/mol. The Bertz CT molecular complexity index is 760. The van der Waals surface area contributed by atoms with Gasteiger partial charge in [-0.05, 0) is 18.6 Å². The van der Waals surface area contributed by atoms with Gasteiger partial charge in [-0.25, -0.2) is 0 Å². The van der Waals surface area contributed by atoms with Gasteiger partial charge in [0.1, 0.15) is 5.75 Å². The van der Waals surface area contributed by atoms with Gasteiger partial charge in [-0.3, -0.25) is 9.89 Å². The molecule has 6 heteroatoms. The third-order valence-corrected chi connectivity index (χ3v) is 5.08. The van der Waals surface area contributed by atoms with Crippen LogP contribution in [0.4, 0.5) is 0 Å². The van der Waals surface area contributed by atoms with Crippen LogP contribution in [0.25, 0.3) is 0 Å². The first-order chi connectivity index (χ1) is 14.3. The SMILES string of the molecule is CCOc1ccccc1CNC(=NC)NCC(c1ccccc1)N1CCOCC1. The Balaban J connectivity index is 1.61. The van der Waals surface area contributed by atoms with Crippen molar-refractivity contribution in [1.82, 2.24) is 15.5 Å². The Labute approximate surface area is 173 Å². The Morgan fingerprint density at radius 1 is 1.07 bits per heavy atom. The predicted molar refractivity (Wildman–Crippen MR) is 117 cm³/mol. The van der Waals surface area contributed by atoms with Crippen molar-refractivity contribution in [3.8, 4) is 5.75 Å². The number of benzene rings is 2. The van der Waals surface area contributed by atoms with Gasteiger partial charge in [-0.2, -0.15) is 0 Å². The van der Waals surface area contributed by atoms with Gasteiger partial charge in [0.05, 0.1) is 25.9 Å². The van der Waals surface area contributed by atoms with Crippen LogP contribution in [0.1, 0.15) is 24.1 Å². The maximum absolute atomic E-state index is 5.72. The van der Waals surface area contributed by atoms with Gasteiger partial charge in [-0.1, -0.05) is 48.5 Å². The van der Waals surface area contributed by atoms with Crippen LogP contribution in [0.3, 0.4) is 0 Å². The summed E-state index contributed by atoms with van der Waals surface area (Å²) in [5.74, 6) is 1.69. The van der Waals surface area contributed by atoms with Crippen molar-refractivity contribution in [1.29, 1.82) is 0 Å². The molecular weight excluding hydrogens is 364 g/mol. The summed E-state index contributed by atoms with van der Waals surface area (Å²) in [7, 11) is 1.80. The highest BCUT2D eigenvalue weighted by Gasteiger charge is 2.22. The molecule has 0 aromatic heterocycles. The lowest BCUT2D eigenvalue weighted by atomic mass is 10.0. The van der Waals surface area contributed by atoms with Crippen LogP contribution in [0.15, 0.2) is 59.6 Å². The number of ether oxygens (including phenoxy) is 2. The smallest absolute Gasteiger partial charge is 0.191 e. The van der Waals surface area contributed by atoms with Gasteiger partial charge in [0, 0.05) is 38.8 Å². The molecule has 6 nitrogen and oxygen atoms in total. The highest BCUT2D eigenvalue weighted by atomic mass is 16.5. The molecule has 1 unspecified atom stereocenters. The summed E-state index contributed by atoms with van der Waals surface area (Å²) in [5, 5.41) is 6.91. The molecule has 0 amide bonds. The molecule has 2 N–H and O–H groups in total. The van der Waals surface area contributed by atoms with E-state index in [1.807, 2.05) is 25.1 Å². The number of guanidine groups is 1. The molecule has 1 atom stereocenters. The fraction of sp³-hybridized carbons (Fsp3) is 0.435. The number of rotatable bonds is 8. The molecule has 1 aliphatic heterocycles. The molecule has 0 bridgehead atoms. The molecule has 3 rings (SSSR count). The second kappa shape index (κ2) is 11.4. The number of morpholine rings is 1. The molecule has 2 aromatic rings. The zero-order chi connectivity index (χ0) is 20.3.